The molecule has 1 aromatic heterocycles. The lowest BCUT2D eigenvalue weighted by Crippen LogP contribution is -2.22. The molecule has 0 unspecified atom stereocenters. The van der Waals surface area contributed by atoms with Gasteiger partial charge in [0, 0.05) is 17.2 Å². The van der Waals surface area contributed by atoms with Gasteiger partial charge in [-0.25, -0.2) is 4.68 Å². The summed E-state index contributed by atoms with van der Waals surface area (Å²) in [6, 6.07) is 8.20. The van der Waals surface area contributed by atoms with E-state index in [1.165, 1.54) is 11.3 Å². The second-order valence-electron chi connectivity index (χ2n) is 3.95. The van der Waals surface area contributed by atoms with Crippen LogP contribution in [-0.2, 0) is 13.0 Å². The summed E-state index contributed by atoms with van der Waals surface area (Å²) in [5.74, 6) is 0. The van der Waals surface area contributed by atoms with E-state index >= 15 is 0 Å². The number of nitrogens with one attached hydrogen (secondary N) is 1. The first-order chi connectivity index (χ1) is 7.83. The van der Waals surface area contributed by atoms with Crippen molar-refractivity contribution in [3.05, 3.63) is 46.2 Å². The van der Waals surface area contributed by atoms with Crippen molar-refractivity contribution in [2.75, 3.05) is 6.54 Å². The summed E-state index contributed by atoms with van der Waals surface area (Å²) in [6.45, 7) is 1.94. The molecule has 1 aliphatic rings. The Kier molecular flexibility index (Phi) is 2.53. The molecule has 0 radical (unpaired) electrons. The summed E-state index contributed by atoms with van der Waals surface area (Å²) >= 11 is 3.44. The van der Waals surface area contributed by atoms with Gasteiger partial charge in [-0.15, -0.1) is 0 Å². The van der Waals surface area contributed by atoms with E-state index in [-0.39, 0.29) is 0 Å². The van der Waals surface area contributed by atoms with E-state index in [0.29, 0.717) is 0 Å². The van der Waals surface area contributed by atoms with Crippen LogP contribution < -0.4 is 5.32 Å². The molecule has 0 fully saturated rings. The van der Waals surface area contributed by atoms with E-state index in [0.717, 1.165) is 29.7 Å². The monoisotopic (exact) mass is 277 g/mol. The third-order valence-corrected chi connectivity index (χ3v) is 3.36. The van der Waals surface area contributed by atoms with Crippen molar-refractivity contribution in [2.24, 2.45) is 0 Å². The third-order valence-electron chi connectivity index (χ3n) is 2.83. The summed E-state index contributed by atoms with van der Waals surface area (Å²) in [5, 5.41) is 7.92. The molecule has 3 nitrogen and oxygen atoms in total. The fourth-order valence-electron chi connectivity index (χ4n) is 1.96. The van der Waals surface area contributed by atoms with Gasteiger partial charge in [-0.2, -0.15) is 5.10 Å². The maximum absolute atomic E-state index is 4.59. The average molecular weight is 278 g/mol. The van der Waals surface area contributed by atoms with Gasteiger partial charge in [-0.1, -0.05) is 15.9 Å². The predicted molar refractivity (Wildman–Crippen MR) is 66.7 cm³/mol. The van der Waals surface area contributed by atoms with Crippen LogP contribution in [-0.4, -0.2) is 16.3 Å². The minimum atomic E-state index is 0.888. The van der Waals surface area contributed by atoms with Crippen LogP contribution in [0.15, 0.2) is 34.9 Å². The first-order valence-electron chi connectivity index (χ1n) is 5.37. The van der Waals surface area contributed by atoms with E-state index in [2.05, 4.69) is 44.7 Å². The van der Waals surface area contributed by atoms with Gasteiger partial charge in [-0.05, 0) is 42.8 Å². The van der Waals surface area contributed by atoms with Gasteiger partial charge in [0.15, 0.2) is 0 Å². The number of fused-ring (bicyclic) bond motifs is 1. The van der Waals surface area contributed by atoms with Crippen LogP contribution in [0.5, 0.6) is 0 Å². The summed E-state index contributed by atoms with van der Waals surface area (Å²) in [7, 11) is 0. The Hall–Kier alpha value is -1.13. The van der Waals surface area contributed by atoms with Crippen LogP contribution in [0.4, 0.5) is 0 Å². The molecule has 0 aliphatic carbocycles. The van der Waals surface area contributed by atoms with Gasteiger partial charge >= 0.3 is 0 Å². The highest BCUT2D eigenvalue weighted by atomic mass is 79.9. The molecule has 16 heavy (non-hydrogen) atoms. The highest BCUT2D eigenvalue weighted by Crippen LogP contribution is 2.17. The molecule has 0 saturated carbocycles. The Morgan fingerprint density at radius 1 is 1.25 bits per heavy atom. The van der Waals surface area contributed by atoms with Crippen LogP contribution in [0.25, 0.3) is 5.69 Å². The minimum absolute atomic E-state index is 0.888. The summed E-state index contributed by atoms with van der Waals surface area (Å²) in [5.41, 5.74) is 3.65. The van der Waals surface area contributed by atoms with Gasteiger partial charge in [0.1, 0.15) is 0 Å². The number of hydrogen-bond donors (Lipinski definition) is 1. The summed E-state index contributed by atoms with van der Waals surface area (Å²) in [6.07, 6.45) is 3.21. The Morgan fingerprint density at radius 3 is 2.81 bits per heavy atom. The zero-order chi connectivity index (χ0) is 11.0. The average Bonchev–Trinajstić information content (AvgIpc) is 2.73. The molecule has 82 valence electrons. The van der Waals surface area contributed by atoms with Crippen molar-refractivity contribution in [3.63, 3.8) is 0 Å². The van der Waals surface area contributed by atoms with Crippen molar-refractivity contribution in [2.45, 2.75) is 13.0 Å². The quantitative estimate of drug-likeness (QED) is 0.867. The molecule has 4 heteroatoms. The van der Waals surface area contributed by atoms with Crippen molar-refractivity contribution in [3.8, 4) is 5.69 Å². The molecule has 0 saturated heterocycles. The normalized spacial score (nSPS) is 14.8. The second-order valence-corrected chi connectivity index (χ2v) is 4.86. The molecular formula is C12H12BrN3. The largest absolute Gasteiger partial charge is 0.311 e. The molecule has 1 aromatic carbocycles. The van der Waals surface area contributed by atoms with Gasteiger partial charge in [0.25, 0.3) is 0 Å². The van der Waals surface area contributed by atoms with Gasteiger partial charge in [-0.3, -0.25) is 0 Å². The van der Waals surface area contributed by atoms with Crippen molar-refractivity contribution in [1.82, 2.24) is 15.1 Å². The van der Waals surface area contributed by atoms with Crippen LogP contribution in [0.3, 0.4) is 0 Å². The lowest BCUT2D eigenvalue weighted by atomic mass is 10.1. The van der Waals surface area contributed by atoms with Gasteiger partial charge in [0.2, 0.25) is 0 Å². The second kappa shape index (κ2) is 4.03. The fourth-order valence-corrected chi connectivity index (χ4v) is 2.22. The Morgan fingerprint density at radius 2 is 2.06 bits per heavy atom. The number of hydrogen-bond acceptors (Lipinski definition) is 2. The van der Waals surface area contributed by atoms with Crippen LogP contribution in [0.1, 0.15) is 11.3 Å². The van der Waals surface area contributed by atoms with Crippen LogP contribution in [0, 0.1) is 0 Å². The SMILES string of the molecule is Brc1ccc(-n2cc3c(n2)CNCC3)cc1. The highest BCUT2D eigenvalue weighted by molar-refractivity contribution is 9.10. The Bertz CT molecular complexity index is 478. The molecule has 0 spiro atoms. The maximum Gasteiger partial charge on any atom is 0.0799 e. The van der Waals surface area contributed by atoms with E-state index < -0.39 is 0 Å². The Balaban J connectivity index is 2.00. The zero-order valence-electron chi connectivity index (χ0n) is 8.78. The molecule has 2 heterocycles. The molecule has 1 aliphatic heterocycles. The number of rotatable bonds is 1. The number of nitrogens with zero attached hydrogens (tertiary/aromatic N) is 2. The molecule has 3 rings (SSSR count). The lowest BCUT2D eigenvalue weighted by molar-refractivity contribution is 0.629. The molecule has 1 N–H and O–H groups in total. The van der Waals surface area contributed by atoms with Crippen LogP contribution >= 0.6 is 15.9 Å². The number of benzene rings is 1. The van der Waals surface area contributed by atoms with Gasteiger partial charge < -0.3 is 5.32 Å². The first-order valence-corrected chi connectivity index (χ1v) is 6.16. The van der Waals surface area contributed by atoms with Gasteiger partial charge in [0.05, 0.1) is 11.4 Å². The predicted octanol–water partition coefficient (Wildman–Crippen LogP) is 2.28. The van der Waals surface area contributed by atoms with Crippen LogP contribution in [0.2, 0.25) is 0 Å². The molecular weight excluding hydrogens is 266 g/mol. The Labute approximate surface area is 103 Å². The smallest absolute Gasteiger partial charge is 0.0799 e. The zero-order valence-corrected chi connectivity index (χ0v) is 10.4. The third kappa shape index (κ3) is 1.79. The molecule has 2 aromatic rings. The van der Waals surface area contributed by atoms with Crippen molar-refractivity contribution >= 4 is 15.9 Å². The van der Waals surface area contributed by atoms with E-state index in [1.807, 2.05) is 16.8 Å². The van der Waals surface area contributed by atoms with Crippen molar-refractivity contribution < 1.29 is 0 Å². The van der Waals surface area contributed by atoms with E-state index in [4.69, 9.17) is 0 Å². The van der Waals surface area contributed by atoms with E-state index in [9.17, 15) is 0 Å². The highest BCUT2D eigenvalue weighted by Gasteiger charge is 2.13. The number of halogens is 1. The lowest BCUT2D eigenvalue weighted by Gasteiger charge is -2.09. The number of aromatic nitrogens is 2. The topological polar surface area (TPSA) is 29.9 Å². The standard InChI is InChI=1S/C12H12BrN3/c13-10-1-3-11(4-2-10)16-8-9-5-6-14-7-12(9)15-16/h1-4,8,14H,5-7H2. The molecule has 0 bridgehead atoms. The van der Waals surface area contributed by atoms with Crippen molar-refractivity contribution in [1.29, 1.82) is 0 Å². The van der Waals surface area contributed by atoms with E-state index in [1.54, 1.807) is 0 Å². The summed E-state index contributed by atoms with van der Waals surface area (Å²) in [4.78, 5) is 0. The summed E-state index contributed by atoms with van der Waals surface area (Å²) < 4.78 is 3.05. The molecule has 0 amide bonds. The molecule has 0 atom stereocenters. The first kappa shape index (κ1) is 10.1. The minimum Gasteiger partial charge on any atom is -0.311 e. The maximum atomic E-state index is 4.59. The fraction of sp³-hybridized carbons (Fsp3) is 0.250.